The van der Waals surface area contributed by atoms with Gasteiger partial charge in [0.1, 0.15) is 13.2 Å². The van der Waals surface area contributed by atoms with Crippen LogP contribution in [0.3, 0.4) is 0 Å². The molecule has 0 amide bonds. The molecule has 2 atom stereocenters. The minimum Gasteiger partial charge on any atom is -0.477 e. The Labute approximate surface area is 548 Å². The molecule has 510 valence electrons. The SMILES string of the molecule is CC/C=C\C/C=C\C/C=C\C/C=C\C/C=C\C/C=C\C/C=C\CCCCCC(=O)OC(COC(=O)CCCCCCCCCCCCCCCCCCCCCCCCCC/C=C\C/C=C\C/C=C\CCCCCCC)COC(OCC[N+](C)(C)C)C(=O)O. The highest BCUT2D eigenvalue weighted by molar-refractivity contribution is 5.71. The van der Waals surface area contributed by atoms with E-state index in [2.05, 4.69) is 135 Å². The molecule has 0 aromatic heterocycles. The van der Waals surface area contributed by atoms with Crippen LogP contribution in [0.25, 0.3) is 0 Å². The van der Waals surface area contributed by atoms with Crippen molar-refractivity contribution in [1.29, 1.82) is 0 Å². The van der Waals surface area contributed by atoms with Gasteiger partial charge in [0.25, 0.3) is 6.29 Å². The summed E-state index contributed by atoms with van der Waals surface area (Å²) in [5.41, 5.74) is 0. The zero-order valence-electron chi connectivity index (χ0n) is 58.3. The van der Waals surface area contributed by atoms with Gasteiger partial charge >= 0.3 is 17.9 Å². The van der Waals surface area contributed by atoms with Crippen LogP contribution in [-0.4, -0.2) is 87.4 Å². The van der Waals surface area contributed by atoms with Gasteiger partial charge in [0.15, 0.2) is 6.10 Å². The van der Waals surface area contributed by atoms with Crippen molar-refractivity contribution in [2.45, 2.75) is 322 Å². The lowest BCUT2D eigenvalue weighted by Crippen LogP contribution is -2.40. The Hall–Kier alpha value is -4.31. The van der Waals surface area contributed by atoms with Gasteiger partial charge in [-0.3, -0.25) is 9.59 Å². The zero-order valence-corrected chi connectivity index (χ0v) is 58.3. The molecule has 9 heteroatoms. The third-order valence-electron chi connectivity index (χ3n) is 15.7. The van der Waals surface area contributed by atoms with E-state index in [4.69, 9.17) is 18.9 Å². The number of hydrogen-bond donors (Lipinski definition) is 1. The van der Waals surface area contributed by atoms with Gasteiger partial charge in [-0.1, -0.05) is 309 Å². The Balaban J connectivity index is 4.07. The molecule has 0 radical (unpaired) electrons. The number of ether oxygens (including phenoxy) is 4. The van der Waals surface area contributed by atoms with Gasteiger partial charge in [-0.2, -0.15) is 0 Å². The van der Waals surface area contributed by atoms with Crippen molar-refractivity contribution in [2.24, 2.45) is 0 Å². The fraction of sp³-hybridized carbons (Fsp3) is 0.713. The van der Waals surface area contributed by atoms with E-state index in [1.54, 1.807) is 0 Å². The van der Waals surface area contributed by atoms with Crippen LogP contribution in [0.2, 0.25) is 0 Å². The molecule has 0 aromatic carbocycles. The van der Waals surface area contributed by atoms with Gasteiger partial charge in [-0.25, -0.2) is 4.79 Å². The van der Waals surface area contributed by atoms with E-state index in [-0.39, 0.29) is 32.2 Å². The summed E-state index contributed by atoms with van der Waals surface area (Å²) < 4.78 is 22.9. The lowest BCUT2D eigenvalue weighted by molar-refractivity contribution is -0.870. The van der Waals surface area contributed by atoms with Crippen molar-refractivity contribution in [3.8, 4) is 0 Å². The highest BCUT2D eigenvalue weighted by Gasteiger charge is 2.25. The average Bonchev–Trinajstić information content (AvgIpc) is 3.64. The third-order valence-corrected chi connectivity index (χ3v) is 15.7. The maximum absolute atomic E-state index is 12.9. The second kappa shape index (κ2) is 69.6. The van der Waals surface area contributed by atoms with Crippen LogP contribution in [0.4, 0.5) is 0 Å². The quantitative estimate of drug-likeness (QED) is 0.0211. The molecule has 0 saturated carbocycles. The number of unbranched alkanes of at least 4 members (excludes halogenated alkanes) is 32. The van der Waals surface area contributed by atoms with E-state index in [9.17, 15) is 19.5 Å². The number of esters is 2. The maximum Gasteiger partial charge on any atom is 0.361 e. The molecule has 2 unspecified atom stereocenters. The van der Waals surface area contributed by atoms with E-state index in [0.717, 1.165) is 96.3 Å². The van der Waals surface area contributed by atoms with Gasteiger partial charge in [0.2, 0.25) is 0 Å². The number of rotatable bonds is 67. The number of carboxylic acid groups (broad SMARTS) is 1. The topological polar surface area (TPSA) is 108 Å². The molecular weight excluding hydrogens is 1100 g/mol. The molecular formula is C80H138NO8+. The van der Waals surface area contributed by atoms with Crippen molar-refractivity contribution in [3.05, 3.63) is 122 Å². The molecule has 0 saturated heterocycles. The number of nitrogens with zero attached hydrogens (tertiary/aromatic N) is 1. The summed E-state index contributed by atoms with van der Waals surface area (Å²) in [5, 5.41) is 9.75. The number of allylic oxidation sites excluding steroid dienone is 20. The van der Waals surface area contributed by atoms with Gasteiger partial charge in [0, 0.05) is 12.8 Å². The smallest absolute Gasteiger partial charge is 0.361 e. The molecule has 0 fully saturated rings. The van der Waals surface area contributed by atoms with Crippen molar-refractivity contribution >= 4 is 17.9 Å². The van der Waals surface area contributed by atoms with Crippen LogP contribution >= 0.6 is 0 Å². The number of hydrogen-bond acceptors (Lipinski definition) is 7. The predicted molar refractivity (Wildman–Crippen MR) is 382 cm³/mol. The van der Waals surface area contributed by atoms with Gasteiger partial charge in [-0.05, 0) is 109 Å². The Morgan fingerprint density at radius 1 is 0.348 bits per heavy atom. The normalized spacial score (nSPS) is 13.4. The molecule has 1 N–H and O–H groups in total. The molecule has 9 nitrogen and oxygen atoms in total. The number of carbonyl (C=O) groups is 3. The lowest BCUT2D eigenvalue weighted by atomic mass is 10.0. The standard InChI is InChI=1S/C80H137NO8/c1-6-8-10-12-14-16-18-20-22-24-26-28-30-32-33-34-35-36-37-38-39-40-41-42-43-44-45-47-48-50-52-54-56-58-60-62-64-66-68-70-77(82)87-74-76(75-88-80(79(84)85)86-73-72-81(3,4)5)89-78(83)71-69-67-65-63-61-59-57-55-53-51-49-46-31-29-27-25-23-21-19-17-15-13-11-9-7-2/h9,11,15,17-18,20-21,23-24,26-27,29-30,32,46,49,53,55,59,61,76,80H,6-8,10,12-14,16,19,22,25,28,31,33-45,47-48,50-52,54,56-58,60,62-75H2,1-5H3/p+1/b11-9-,17-15-,20-18-,23-21-,26-24-,29-27-,32-30-,49-46-,55-53-,61-59-. The molecule has 0 rings (SSSR count). The van der Waals surface area contributed by atoms with E-state index >= 15 is 0 Å². The number of aliphatic carboxylic acids is 1. The molecule has 0 aliphatic carbocycles. The van der Waals surface area contributed by atoms with E-state index in [0.29, 0.717) is 23.9 Å². The summed E-state index contributed by atoms with van der Waals surface area (Å²) in [6.45, 7) is 4.73. The summed E-state index contributed by atoms with van der Waals surface area (Å²) in [6, 6.07) is 0. The predicted octanol–water partition coefficient (Wildman–Crippen LogP) is 23.1. The molecule has 0 heterocycles. The Kier molecular flexibility index (Phi) is 66.2. The molecule has 0 bridgehead atoms. The van der Waals surface area contributed by atoms with E-state index < -0.39 is 24.3 Å². The van der Waals surface area contributed by atoms with E-state index in [1.807, 2.05) is 21.1 Å². The first-order valence-electron chi connectivity index (χ1n) is 36.7. The van der Waals surface area contributed by atoms with Crippen molar-refractivity contribution in [2.75, 3.05) is 47.5 Å². The van der Waals surface area contributed by atoms with Crippen LogP contribution in [-0.2, 0) is 33.3 Å². The fourth-order valence-corrected chi connectivity index (χ4v) is 10.1. The first-order chi connectivity index (χ1) is 43.6. The molecule has 0 aliphatic rings. The third kappa shape index (κ3) is 71.0. The summed E-state index contributed by atoms with van der Waals surface area (Å²) in [6.07, 6.45) is 96.2. The minimum atomic E-state index is -1.53. The maximum atomic E-state index is 12.9. The lowest BCUT2D eigenvalue weighted by Gasteiger charge is -2.25. The monoisotopic (exact) mass is 1240 g/mol. The number of carboxylic acids is 1. The fourth-order valence-electron chi connectivity index (χ4n) is 10.1. The Bertz CT molecular complexity index is 1880. The van der Waals surface area contributed by atoms with Gasteiger partial charge in [-0.15, -0.1) is 0 Å². The molecule has 89 heavy (non-hydrogen) atoms. The highest BCUT2D eigenvalue weighted by Crippen LogP contribution is 2.18. The first-order valence-corrected chi connectivity index (χ1v) is 36.7. The summed E-state index contributed by atoms with van der Waals surface area (Å²) in [7, 11) is 5.96. The van der Waals surface area contributed by atoms with Crippen LogP contribution in [0, 0.1) is 0 Å². The summed E-state index contributed by atoms with van der Waals surface area (Å²) in [5.74, 6) is -2.05. The average molecular weight is 1240 g/mol. The second-order valence-corrected chi connectivity index (χ2v) is 25.5. The zero-order chi connectivity index (χ0) is 64.7. The summed E-state index contributed by atoms with van der Waals surface area (Å²) >= 11 is 0. The van der Waals surface area contributed by atoms with Crippen LogP contribution in [0.1, 0.15) is 309 Å². The number of carbonyl (C=O) groups excluding carboxylic acids is 2. The van der Waals surface area contributed by atoms with Crippen molar-refractivity contribution in [1.82, 2.24) is 0 Å². The first kappa shape index (κ1) is 84.7. The van der Waals surface area contributed by atoms with Crippen LogP contribution in [0.5, 0.6) is 0 Å². The van der Waals surface area contributed by atoms with Gasteiger partial charge < -0.3 is 28.5 Å². The Morgan fingerprint density at radius 3 is 0.966 bits per heavy atom. The second-order valence-electron chi connectivity index (χ2n) is 25.5. The Morgan fingerprint density at radius 2 is 0.640 bits per heavy atom. The van der Waals surface area contributed by atoms with Crippen molar-refractivity contribution in [3.63, 3.8) is 0 Å². The molecule has 0 spiro atoms. The van der Waals surface area contributed by atoms with E-state index in [1.165, 1.54) is 180 Å². The minimum absolute atomic E-state index is 0.176. The number of quaternary nitrogens is 1. The largest absolute Gasteiger partial charge is 0.477 e. The highest BCUT2D eigenvalue weighted by atomic mass is 16.7. The molecule has 0 aliphatic heterocycles. The molecule has 0 aromatic rings. The number of likely N-dealkylation sites (N-methyl/N-ethyl adjacent to an activating group) is 1. The van der Waals surface area contributed by atoms with Crippen LogP contribution < -0.4 is 0 Å². The van der Waals surface area contributed by atoms with Crippen LogP contribution in [0.15, 0.2) is 122 Å². The van der Waals surface area contributed by atoms with Gasteiger partial charge in [0.05, 0.1) is 34.4 Å². The van der Waals surface area contributed by atoms with Crippen molar-refractivity contribution < 1.29 is 42.9 Å². The summed E-state index contributed by atoms with van der Waals surface area (Å²) in [4.78, 5) is 37.6.